The molecule has 0 amide bonds. The normalized spacial score (nSPS) is 15.3. The lowest BCUT2D eigenvalue weighted by Crippen LogP contribution is -2.40. The van der Waals surface area contributed by atoms with Crippen molar-refractivity contribution >= 4 is 23.4 Å². The van der Waals surface area contributed by atoms with Crippen LogP contribution in [0.15, 0.2) is 86.1 Å². The molecule has 200 valence electrons. The lowest BCUT2D eigenvalue weighted by Gasteiger charge is -2.26. The molecule has 1 aliphatic rings. The molecule has 9 heteroatoms. The highest BCUT2D eigenvalue weighted by atomic mass is 32.1. The number of nitrogens with zero attached hydrogens (tertiary/aromatic N) is 2. The van der Waals surface area contributed by atoms with Gasteiger partial charge in [0.1, 0.15) is 29.1 Å². The quantitative estimate of drug-likeness (QED) is 0.305. The van der Waals surface area contributed by atoms with Gasteiger partial charge in [0, 0.05) is 17.2 Å². The molecule has 4 aromatic rings. The maximum atomic E-state index is 13.9. The highest BCUT2D eigenvalue weighted by molar-refractivity contribution is 7.07. The molecule has 7 nitrogen and oxygen atoms in total. The fraction of sp³-hybridized carbons (Fsp3) is 0.233. The number of rotatable bonds is 7. The van der Waals surface area contributed by atoms with Gasteiger partial charge in [-0.05, 0) is 70.2 Å². The van der Waals surface area contributed by atoms with Crippen LogP contribution in [0.2, 0.25) is 0 Å². The van der Waals surface area contributed by atoms with Gasteiger partial charge in [-0.2, -0.15) is 0 Å². The summed E-state index contributed by atoms with van der Waals surface area (Å²) in [5, 5.41) is 0. The van der Waals surface area contributed by atoms with Crippen molar-refractivity contribution in [2.24, 2.45) is 4.99 Å². The number of aromatic nitrogens is 1. The van der Waals surface area contributed by atoms with E-state index in [2.05, 4.69) is 4.99 Å². The second-order valence-electron chi connectivity index (χ2n) is 9.22. The molecule has 0 saturated carbocycles. The van der Waals surface area contributed by atoms with Crippen LogP contribution >= 0.6 is 11.3 Å². The monoisotopic (exact) mass is 546 g/mol. The molecule has 0 saturated heterocycles. The Morgan fingerprint density at radius 3 is 2.62 bits per heavy atom. The third-order valence-electron chi connectivity index (χ3n) is 6.12. The average Bonchev–Trinajstić information content (AvgIpc) is 3.48. The topological polar surface area (TPSA) is 83.0 Å². The van der Waals surface area contributed by atoms with Crippen molar-refractivity contribution < 1.29 is 23.1 Å². The minimum absolute atomic E-state index is 0.118. The minimum Gasteiger partial charge on any atom is -0.491 e. The molecule has 3 heterocycles. The van der Waals surface area contributed by atoms with Gasteiger partial charge >= 0.3 is 5.97 Å². The van der Waals surface area contributed by atoms with E-state index in [9.17, 15) is 14.0 Å². The number of carbonyl (C=O) groups excluding carboxylic acids is 1. The number of thiazole rings is 1. The van der Waals surface area contributed by atoms with E-state index >= 15 is 0 Å². The number of esters is 1. The Balaban J connectivity index is 1.66. The van der Waals surface area contributed by atoms with Gasteiger partial charge in [-0.25, -0.2) is 14.2 Å². The van der Waals surface area contributed by atoms with E-state index in [0.717, 1.165) is 0 Å². The van der Waals surface area contributed by atoms with Crippen molar-refractivity contribution in [3.63, 3.8) is 0 Å². The van der Waals surface area contributed by atoms with Crippen molar-refractivity contribution in [1.29, 1.82) is 0 Å². The van der Waals surface area contributed by atoms with Crippen molar-refractivity contribution in [1.82, 2.24) is 4.57 Å². The first kappa shape index (κ1) is 26.4. The first-order valence-electron chi connectivity index (χ1n) is 12.6. The first-order chi connectivity index (χ1) is 18.8. The van der Waals surface area contributed by atoms with Crippen LogP contribution in [0, 0.1) is 5.82 Å². The van der Waals surface area contributed by atoms with E-state index in [1.807, 2.05) is 38.1 Å². The van der Waals surface area contributed by atoms with Gasteiger partial charge in [-0.1, -0.05) is 29.5 Å². The third-order valence-corrected chi connectivity index (χ3v) is 7.11. The van der Waals surface area contributed by atoms with Crippen molar-refractivity contribution in [3.05, 3.63) is 109 Å². The fourth-order valence-corrected chi connectivity index (χ4v) is 5.51. The van der Waals surface area contributed by atoms with E-state index in [0.29, 0.717) is 43.4 Å². The Morgan fingerprint density at radius 1 is 1.15 bits per heavy atom. The smallest absolute Gasteiger partial charge is 0.338 e. The van der Waals surface area contributed by atoms with Gasteiger partial charge in [0.15, 0.2) is 4.80 Å². The SMILES string of the molecule is CCOC(=O)C1=C(C)N=c2s/c(=C/c3ccc(-c4ccc(F)cc4)o3)c(=O)n2[C@H]1c1ccccc1OC(C)C. The number of furan rings is 1. The molecule has 1 aliphatic heterocycles. The molecular weight excluding hydrogens is 519 g/mol. The number of fused-ring (bicyclic) bond motifs is 1. The largest absolute Gasteiger partial charge is 0.491 e. The van der Waals surface area contributed by atoms with Crippen LogP contribution in [0.1, 0.15) is 45.1 Å². The van der Waals surface area contributed by atoms with E-state index in [-0.39, 0.29) is 29.7 Å². The summed E-state index contributed by atoms with van der Waals surface area (Å²) in [5.74, 6) is 0.707. The minimum atomic E-state index is -0.788. The lowest BCUT2D eigenvalue weighted by atomic mass is 9.95. The predicted molar refractivity (Wildman–Crippen MR) is 147 cm³/mol. The molecule has 0 aliphatic carbocycles. The van der Waals surface area contributed by atoms with Crippen LogP contribution in [-0.4, -0.2) is 23.2 Å². The average molecular weight is 547 g/mol. The van der Waals surface area contributed by atoms with Crippen LogP contribution in [0.25, 0.3) is 17.4 Å². The van der Waals surface area contributed by atoms with Crippen LogP contribution in [0.5, 0.6) is 5.75 Å². The Bertz CT molecular complexity index is 1740. The van der Waals surface area contributed by atoms with E-state index in [4.69, 9.17) is 13.9 Å². The number of allylic oxidation sites excluding steroid dienone is 1. The summed E-state index contributed by atoms with van der Waals surface area (Å²) < 4.78 is 32.6. The molecule has 0 spiro atoms. The zero-order valence-electron chi connectivity index (χ0n) is 21.9. The number of carbonyl (C=O) groups is 1. The van der Waals surface area contributed by atoms with Crippen LogP contribution in [0.3, 0.4) is 0 Å². The molecule has 2 aromatic heterocycles. The zero-order valence-corrected chi connectivity index (χ0v) is 22.8. The van der Waals surface area contributed by atoms with Gasteiger partial charge in [0.2, 0.25) is 0 Å². The van der Waals surface area contributed by atoms with Gasteiger partial charge in [0.25, 0.3) is 5.56 Å². The Morgan fingerprint density at radius 2 is 1.90 bits per heavy atom. The summed E-state index contributed by atoms with van der Waals surface area (Å²) in [6.07, 6.45) is 1.53. The third kappa shape index (κ3) is 5.22. The zero-order chi connectivity index (χ0) is 27.7. The summed E-state index contributed by atoms with van der Waals surface area (Å²) in [6.45, 7) is 7.49. The van der Waals surface area contributed by atoms with Crippen molar-refractivity contribution in [2.45, 2.75) is 39.8 Å². The summed E-state index contributed by atoms with van der Waals surface area (Å²) in [4.78, 5) is 32.1. The van der Waals surface area contributed by atoms with Crippen LogP contribution < -0.4 is 19.6 Å². The lowest BCUT2D eigenvalue weighted by molar-refractivity contribution is -0.139. The summed E-state index contributed by atoms with van der Waals surface area (Å²) >= 11 is 1.20. The summed E-state index contributed by atoms with van der Waals surface area (Å²) in [6, 6.07) is 16.1. The molecular formula is C30H27FN2O5S. The van der Waals surface area contributed by atoms with Gasteiger partial charge < -0.3 is 13.9 Å². The molecule has 5 rings (SSSR count). The first-order valence-corrected chi connectivity index (χ1v) is 13.4. The number of halogens is 1. The predicted octanol–water partition coefficient (Wildman–Crippen LogP) is 4.98. The molecule has 39 heavy (non-hydrogen) atoms. The van der Waals surface area contributed by atoms with Gasteiger partial charge in [-0.15, -0.1) is 0 Å². The summed E-state index contributed by atoms with van der Waals surface area (Å²) in [7, 11) is 0. The maximum Gasteiger partial charge on any atom is 0.338 e. The van der Waals surface area contributed by atoms with E-state index in [1.54, 1.807) is 44.2 Å². The van der Waals surface area contributed by atoms with Crippen LogP contribution in [0.4, 0.5) is 4.39 Å². The molecule has 0 bridgehead atoms. The molecule has 0 fully saturated rings. The molecule has 0 N–H and O–H groups in total. The Hall–Kier alpha value is -4.24. The molecule has 1 atom stereocenters. The van der Waals surface area contributed by atoms with Crippen LogP contribution in [-0.2, 0) is 9.53 Å². The van der Waals surface area contributed by atoms with Gasteiger partial charge in [-0.3, -0.25) is 9.36 Å². The highest BCUT2D eigenvalue weighted by Gasteiger charge is 2.35. The molecule has 0 radical (unpaired) electrons. The Labute approximate surface area is 228 Å². The molecule has 2 aromatic carbocycles. The number of benzene rings is 2. The molecule has 0 unspecified atom stereocenters. The van der Waals surface area contributed by atoms with E-state index in [1.165, 1.54) is 28.0 Å². The van der Waals surface area contributed by atoms with Crippen molar-refractivity contribution in [3.8, 4) is 17.1 Å². The maximum absolute atomic E-state index is 13.9. The highest BCUT2D eigenvalue weighted by Crippen LogP contribution is 2.36. The second-order valence-corrected chi connectivity index (χ2v) is 10.2. The van der Waals surface area contributed by atoms with Crippen molar-refractivity contribution in [2.75, 3.05) is 6.61 Å². The number of ether oxygens (including phenoxy) is 2. The Kier molecular flexibility index (Phi) is 7.34. The number of para-hydroxylation sites is 1. The standard InChI is InChI=1S/C30H27FN2O5S/c1-5-36-29(35)26-18(4)32-30-33(27(26)22-8-6-7-9-24(22)37-17(2)3)28(34)25(39-30)16-21-14-15-23(38-21)19-10-12-20(31)13-11-19/h6-17,27H,5H2,1-4H3/b25-16+/t27-/m0/s1. The number of hydrogen-bond acceptors (Lipinski definition) is 7. The van der Waals surface area contributed by atoms with Gasteiger partial charge in [0.05, 0.1) is 28.5 Å². The number of hydrogen-bond donors (Lipinski definition) is 0. The summed E-state index contributed by atoms with van der Waals surface area (Å²) in [5.41, 5.74) is 1.81. The second kappa shape index (κ2) is 10.9. The fourth-order valence-electron chi connectivity index (χ4n) is 4.48. The van der Waals surface area contributed by atoms with E-state index < -0.39 is 12.0 Å².